The number of halogens is 2. The van der Waals surface area contributed by atoms with Crippen LogP contribution in [-0.2, 0) is 16.4 Å². The number of nitrogens with one attached hydrogen (secondary N) is 1. The lowest BCUT2D eigenvalue weighted by Gasteiger charge is -2.17. The molecule has 0 saturated carbocycles. The average molecular weight is 404 g/mol. The van der Waals surface area contributed by atoms with Crippen molar-refractivity contribution in [3.05, 3.63) is 77.8 Å². The number of hydrogen-bond acceptors (Lipinski definition) is 4. The Morgan fingerprint density at radius 3 is 2.64 bits per heavy atom. The number of sulfonamides is 1. The van der Waals surface area contributed by atoms with Crippen LogP contribution in [0.4, 0.5) is 20.2 Å². The molecule has 0 radical (unpaired) electrons. The fraction of sp³-hybridized carbons (Fsp3) is 0.105. The first-order valence-corrected chi connectivity index (χ1v) is 9.80. The molecule has 0 unspecified atom stereocenters. The first-order valence-electron chi connectivity index (χ1n) is 8.31. The van der Waals surface area contributed by atoms with Gasteiger partial charge >= 0.3 is 0 Å². The van der Waals surface area contributed by atoms with Crippen LogP contribution < -0.4 is 9.62 Å². The van der Waals surface area contributed by atoms with E-state index in [1.807, 2.05) is 0 Å². The Hall–Kier alpha value is -3.20. The van der Waals surface area contributed by atoms with E-state index in [1.165, 1.54) is 23.3 Å². The van der Waals surface area contributed by atoms with Gasteiger partial charge in [-0.1, -0.05) is 6.07 Å². The molecule has 28 heavy (non-hydrogen) atoms. The van der Waals surface area contributed by atoms with E-state index in [0.29, 0.717) is 24.7 Å². The van der Waals surface area contributed by atoms with Gasteiger partial charge in [0.1, 0.15) is 16.5 Å². The Kier molecular flexibility index (Phi) is 4.38. The van der Waals surface area contributed by atoms with E-state index in [9.17, 15) is 22.0 Å². The van der Waals surface area contributed by atoms with Gasteiger partial charge in [-0.05, 0) is 48.4 Å². The van der Waals surface area contributed by atoms with E-state index in [1.54, 1.807) is 18.2 Å². The SMILES string of the molecule is O=C(c1ccco1)N1CCc2ccc(NS(=O)(=O)c3ccc(F)cc3F)cc21. The van der Waals surface area contributed by atoms with Crippen LogP contribution in [0.5, 0.6) is 0 Å². The normalized spacial score (nSPS) is 13.4. The zero-order valence-corrected chi connectivity index (χ0v) is 15.2. The van der Waals surface area contributed by atoms with Gasteiger partial charge in [-0.25, -0.2) is 17.2 Å². The lowest BCUT2D eigenvalue weighted by Crippen LogP contribution is -2.28. The molecule has 1 aliphatic heterocycles. The molecule has 2 heterocycles. The second-order valence-electron chi connectivity index (χ2n) is 6.21. The van der Waals surface area contributed by atoms with E-state index in [-0.39, 0.29) is 17.4 Å². The van der Waals surface area contributed by atoms with Gasteiger partial charge in [-0.3, -0.25) is 9.52 Å². The maximum Gasteiger partial charge on any atom is 0.293 e. The van der Waals surface area contributed by atoms with Crippen molar-refractivity contribution < 1.29 is 26.4 Å². The van der Waals surface area contributed by atoms with Gasteiger partial charge in [0, 0.05) is 18.3 Å². The molecule has 0 fully saturated rings. The molecule has 0 atom stereocenters. The van der Waals surface area contributed by atoms with Crippen LogP contribution in [0.1, 0.15) is 16.1 Å². The molecule has 0 bridgehead atoms. The summed E-state index contributed by atoms with van der Waals surface area (Å²) in [5.74, 6) is -2.23. The number of hydrogen-bond donors (Lipinski definition) is 1. The molecule has 1 amide bonds. The third-order valence-electron chi connectivity index (χ3n) is 4.39. The summed E-state index contributed by atoms with van der Waals surface area (Å²) >= 11 is 0. The number of carbonyl (C=O) groups excluding carboxylic acids is 1. The van der Waals surface area contributed by atoms with Gasteiger partial charge in [-0.15, -0.1) is 0 Å². The molecule has 2 aromatic carbocycles. The Morgan fingerprint density at radius 2 is 1.93 bits per heavy atom. The summed E-state index contributed by atoms with van der Waals surface area (Å²) in [4.78, 5) is 13.4. The van der Waals surface area contributed by atoms with Crippen LogP contribution in [0, 0.1) is 11.6 Å². The number of anilines is 2. The quantitative estimate of drug-likeness (QED) is 0.721. The molecular weight excluding hydrogens is 390 g/mol. The van der Waals surface area contributed by atoms with E-state index in [0.717, 1.165) is 17.7 Å². The molecule has 3 aromatic rings. The van der Waals surface area contributed by atoms with Gasteiger partial charge in [-0.2, -0.15) is 0 Å². The fourth-order valence-corrected chi connectivity index (χ4v) is 4.20. The first-order chi connectivity index (χ1) is 13.3. The summed E-state index contributed by atoms with van der Waals surface area (Å²) in [6, 6.07) is 10.1. The molecule has 144 valence electrons. The van der Waals surface area contributed by atoms with Crippen LogP contribution in [0.2, 0.25) is 0 Å². The third kappa shape index (κ3) is 3.24. The topological polar surface area (TPSA) is 79.6 Å². The highest BCUT2D eigenvalue weighted by Crippen LogP contribution is 2.33. The average Bonchev–Trinajstić information content (AvgIpc) is 3.30. The standard InChI is InChI=1S/C19H14F2N2O4S/c20-13-4-6-18(15(21)10-13)28(25,26)22-14-5-3-12-7-8-23(16(12)11-14)19(24)17-2-1-9-27-17/h1-6,9-11,22H,7-8H2. The van der Waals surface area contributed by atoms with Crippen LogP contribution >= 0.6 is 0 Å². The maximum atomic E-state index is 13.9. The highest BCUT2D eigenvalue weighted by molar-refractivity contribution is 7.92. The van der Waals surface area contributed by atoms with Crippen molar-refractivity contribution in [2.45, 2.75) is 11.3 Å². The molecule has 1 N–H and O–H groups in total. The number of nitrogens with zero attached hydrogens (tertiary/aromatic N) is 1. The summed E-state index contributed by atoms with van der Waals surface area (Å²) in [5, 5.41) is 0. The lowest BCUT2D eigenvalue weighted by atomic mass is 10.1. The van der Waals surface area contributed by atoms with Crippen LogP contribution in [0.3, 0.4) is 0 Å². The summed E-state index contributed by atoms with van der Waals surface area (Å²) in [6.45, 7) is 0.428. The van der Waals surface area contributed by atoms with Crippen molar-refractivity contribution in [3.63, 3.8) is 0 Å². The highest BCUT2D eigenvalue weighted by atomic mass is 32.2. The molecule has 4 rings (SSSR count). The monoisotopic (exact) mass is 404 g/mol. The molecule has 0 saturated heterocycles. The molecule has 0 aliphatic carbocycles. The number of furan rings is 1. The molecule has 1 aliphatic rings. The predicted molar refractivity (Wildman–Crippen MR) is 97.7 cm³/mol. The summed E-state index contributed by atoms with van der Waals surface area (Å²) in [7, 11) is -4.27. The van der Waals surface area contributed by atoms with Crippen molar-refractivity contribution in [1.82, 2.24) is 0 Å². The van der Waals surface area contributed by atoms with Crippen molar-refractivity contribution in [1.29, 1.82) is 0 Å². The van der Waals surface area contributed by atoms with Gasteiger partial charge < -0.3 is 9.32 Å². The van der Waals surface area contributed by atoms with Gasteiger partial charge in [0.2, 0.25) is 0 Å². The number of amides is 1. The molecular formula is C19H14F2N2O4S. The van der Waals surface area contributed by atoms with Crippen LogP contribution in [0.25, 0.3) is 0 Å². The van der Waals surface area contributed by atoms with Gasteiger partial charge in [0.05, 0.1) is 12.0 Å². The first kappa shape index (κ1) is 18.2. The number of carbonyl (C=O) groups is 1. The zero-order valence-electron chi connectivity index (χ0n) is 14.4. The smallest absolute Gasteiger partial charge is 0.293 e. The molecule has 9 heteroatoms. The van der Waals surface area contributed by atoms with Crippen molar-refractivity contribution in [3.8, 4) is 0 Å². The number of fused-ring (bicyclic) bond motifs is 1. The minimum atomic E-state index is -4.27. The number of rotatable bonds is 4. The van der Waals surface area contributed by atoms with Crippen molar-refractivity contribution in [2.24, 2.45) is 0 Å². The number of benzene rings is 2. The van der Waals surface area contributed by atoms with Crippen molar-refractivity contribution in [2.75, 3.05) is 16.2 Å². The summed E-state index contributed by atoms with van der Waals surface area (Å²) in [6.07, 6.45) is 2.01. The highest BCUT2D eigenvalue weighted by Gasteiger charge is 2.28. The van der Waals surface area contributed by atoms with Gasteiger partial charge in [0.25, 0.3) is 15.9 Å². The lowest BCUT2D eigenvalue weighted by molar-refractivity contribution is 0.0963. The van der Waals surface area contributed by atoms with E-state index < -0.39 is 26.6 Å². The second-order valence-corrected chi connectivity index (χ2v) is 7.86. The molecule has 0 spiro atoms. The Labute approximate surface area is 159 Å². The second kappa shape index (κ2) is 6.75. The third-order valence-corrected chi connectivity index (χ3v) is 5.81. The Bertz CT molecular complexity index is 1160. The minimum Gasteiger partial charge on any atom is -0.459 e. The van der Waals surface area contributed by atoms with Gasteiger partial charge in [0.15, 0.2) is 5.76 Å². The Morgan fingerprint density at radius 1 is 1.11 bits per heavy atom. The van der Waals surface area contributed by atoms with E-state index >= 15 is 0 Å². The maximum absolute atomic E-state index is 13.9. The molecule has 6 nitrogen and oxygen atoms in total. The molecule has 1 aromatic heterocycles. The largest absolute Gasteiger partial charge is 0.459 e. The fourth-order valence-electron chi connectivity index (χ4n) is 3.09. The van der Waals surface area contributed by atoms with Crippen molar-refractivity contribution >= 4 is 27.3 Å². The summed E-state index contributed by atoms with van der Waals surface area (Å²) in [5.41, 5.74) is 1.57. The predicted octanol–water partition coefficient (Wildman–Crippen LogP) is 3.56. The van der Waals surface area contributed by atoms with Crippen LogP contribution in [0.15, 0.2) is 64.1 Å². The zero-order chi connectivity index (χ0) is 19.9. The Balaban J connectivity index is 1.64. The van der Waals surface area contributed by atoms with Crippen LogP contribution in [-0.4, -0.2) is 20.9 Å². The minimum absolute atomic E-state index is 0.154. The van der Waals surface area contributed by atoms with E-state index in [2.05, 4.69) is 4.72 Å². The summed E-state index contributed by atoms with van der Waals surface area (Å²) < 4.78 is 59.3. The van der Waals surface area contributed by atoms with E-state index in [4.69, 9.17) is 4.42 Å².